The third kappa shape index (κ3) is 113. The molecule has 0 amide bonds. The monoisotopic (exact) mass is 446 g/mol. The van der Waals surface area contributed by atoms with E-state index in [1.54, 1.807) is 0 Å². The van der Waals surface area contributed by atoms with Crippen LogP contribution in [0.4, 0.5) is 0 Å². The Labute approximate surface area is 164 Å². The maximum Gasteiger partial charge on any atom is 2.00 e. The minimum atomic E-state index is -1.08. The van der Waals surface area contributed by atoms with Gasteiger partial charge in [-0.3, -0.25) is 0 Å². The molecule has 0 fully saturated rings. The summed E-state index contributed by atoms with van der Waals surface area (Å²) in [5, 5.41) is 36.9. The summed E-state index contributed by atoms with van der Waals surface area (Å²) < 4.78 is 0. The van der Waals surface area contributed by atoms with E-state index in [1.165, 1.54) is 10.3 Å². The van der Waals surface area contributed by atoms with E-state index >= 15 is 0 Å². The van der Waals surface area contributed by atoms with Gasteiger partial charge in [0.15, 0.2) is 0 Å². The first-order valence-corrected chi connectivity index (χ1v) is 6.05. The van der Waals surface area contributed by atoms with Crippen LogP contribution in [0.3, 0.4) is 0 Å². The molecule has 0 unspecified atom stereocenters. The summed E-state index contributed by atoms with van der Waals surface area (Å²) in [6, 6.07) is 0. The Balaban J connectivity index is -0.0000000451. The van der Waals surface area contributed by atoms with Crippen LogP contribution in [0.15, 0.2) is 0 Å². The maximum absolute atomic E-state index is 11.1. The fourth-order valence-corrected chi connectivity index (χ4v) is 0.872. The number of carboxylic acid groups (broad SMARTS) is 1. The average molecular weight is 448 g/mol. The molecule has 0 rings (SSSR count). The van der Waals surface area contributed by atoms with Gasteiger partial charge < -0.3 is 35.6 Å². The third-order valence-corrected chi connectivity index (χ3v) is 1.14. The number of rotatable bonds is 4. The number of nitrogens with zero attached hydrogens (tertiary/aromatic N) is 4. The van der Waals surface area contributed by atoms with Crippen molar-refractivity contribution >= 4 is 40.7 Å². The Morgan fingerprint density at radius 3 is 1.27 bits per heavy atom. The van der Waals surface area contributed by atoms with E-state index < -0.39 is 12.1 Å². The SMILES string of the molecule is CC(=O)[O-].CN(C)CC([O-])CN(C)C.[Cu+2].[Cu+2].[N-]=C=S.[N-]=C=S. The van der Waals surface area contributed by atoms with Crippen LogP contribution in [0.2, 0.25) is 0 Å². The molecule has 0 aromatic heterocycles. The van der Waals surface area contributed by atoms with Gasteiger partial charge in [-0.25, -0.2) is 0 Å². The number of carbonyl (C=O) groups excluding carboxylic acids is 1. The fraction of sp³-hybridized carbons (Fsp3) is 0.727. The second-order valence-corrected chi connectivity index (χ2v) is 4.19. The van der Waals surface area contributed by atoms with Gasteiger partial charge in [0.1, 0.15) is 0 Å². The van der Waals surface area contributed by atoms with Crippen LogP contribution in [-0.2, 0) is 38.9 Å². The molecule has 0 aliphatic rings. The molecule has 2 radical (unpaired) electrons. The number of hydrogen-bond acceptors (Lipinski definition) is 7. The molecule has 0 aliphatic carbocycles. The number of hydrogen-bond donors (Lipinski definition) is 0. The first-order valence-electron chi connectivity index (χ1n) is 5.24. The van der Waals surface area contributed by atoms with Crippen molar-refractivity contribution < 1.29 is 49.1 Å². The van der Waals surface area contributed by atoms with Crippen LogP contribution in [0.25, 0.3) is 10.8 Å². The number of carbonyl (C=O) groups is 1. The van der Waals surface area contributed by atoms with Crippen molar-refractivity contribution in [2.45, 2.75) is 13.0 Å². The molecule has 0 bridgehead atoms. The maximum atomic E-state index is 11.1. The molecule has 11 heteroatoms. The number of thiocarbonyl (C=S) groups is 2. The Bertz CT molecular complexity index is 271. The number of likely N-dealkylation sites (N-methyl/N-ethyl adjacent to an activating group) is 2. The van der Waals surface area contributed by atoms with Crippen LogP contribution < -0.4 is 10.2 Å². The molecule has 0 N–H and O–H groups in total. The van der Waals surface area contributed by atoms with E-state index in [9.17, 15) is 5.11 Å². The molecule has 0 saturated heterocycles. The second-order valence-electron chi connectivity index (χ2n) is 3.82. The van der Waals surface area contributed by atoms with Crippen molar-refractivity contribution in [3.63, 3.8) is 0 Å². The fourth-order valence-electron chi connectivity index (χ4n) is 0.872. The van der Waals surface area contributed by atoms with Gasteiger partial charge in [-0.15, -0.1) is 6.10 Å². The van der Waals surface area contributed by atoms with Crippen LogP contribution >= 0.6 is 24.4 Å². The summed E-state index contributed by atoms with van der Waals surface area (Å²) in [5.74, 6) is -1.08. The number of isothiocyanates is 2. The Morgan fingerprint density at radius 1 is 1.05 bits per heavy atom. The quantitative estimate of drug-likeness (QED) is 0.305. The Hall–Kier alpha value is -0.0110. The number of aliphatic carboxylic acids is 1. The zero-order valence-corrected chi connectivity index (χ0v) is 16.4. The van der Waals surface area contributed by atoms with Crippen molar-refractivity contribution in [2.24, 2.45) is 0 Å². The Morgan fingerprint density at radius 2 is 1.18 bits per heavy atom. The summed E-state index contributed by atoms with van der Waals surface area (Å²) in [6.45, 7) is 2.22. The van der Waals surface area contributed by atoms with Gasteiger partial charge in [0.25, 0.3) is 0 Å². The molecule has 22 heavy (non-hydrogen) atoms. The predicted molar refractivity (Wildman–Crippen MR) is 83.5 cm³/mol. The molecular weight excluding hydrogens is 427 g/mol. The third-order valence-electron chi connectivity index (χ3n) is 1.14. The minimum absolute atomic E-state index is 0. The second kappa shape index (κ2) is 32.8. The first-order chi connectivity index (χ1) is 9.08. The largest absolute Gasteiger partial charge is 2.00 e. The van der Waals surface area contributed by atoms with Crippen LogP contribution in [0, 0.1) is 0 Å². The average Bonchev–Trinajstić information content (AvgIpc) is 2.15. The van der Waals surface area contributed by atoms with E-state index in [1.807, 2.05) is 38.0 Å². The van der Waals surface area contributed by atoms with Gasteiger partial charge in [0, 0.05) is 5.97 Å². The number of carboxylic acids is 1. The zero-order valence-electron chi connectivity index (χ0n) is 12.9. The molecule has 7 nitrogen and oxygen atoms in total. The standard InChI is InChI=1S/C7H17N2O.C2H4O2.2CNS.2Cu/c1-8(2)5-7(10)6-9(3)4;1-2(3)4;2*2-1-3;;/h7H,5-6H2,1-4H3;1H3,(H,3,4);;;;/q-1;;2*-1;2*+2/p-1. The molecule has 0 saturated carbocycles. The summed E-state index contributed by atoms with van der Waals surface area (Å²) >= 11 is 7.40. The van der Waals surface area contributed by atoms with E-state index in [2.05, 4.69) is 24.4 Å². The summed E-state index contributed by atoms with van der Waals surface area (Å²) in [4.78, 5) is 12.7. The van der Waals surface area contributed by atoms with E-state index in [0.717, 1.165) is 6.92 Å². The summed E-state index contributed by atoms with van der Waals surface area (Å²) in [6.07, 6.45) is -0.481. The topological polar surface area (TPSA) is 114 Å². The van der Waals surface area contributed by atoms with Crippen molar-refractivity contribution in [1.29, 1.82) is 0 Å². The van der Waals surface area contributed by atoms with Gasteiger partial charge in [-0.2, -0.15) is 10.3 Å². The smallest absolute Gasteiger partial charge is 0.850 e. The van der Waals surface area contributed by atoms with Crippen molar-refractivity contribution in [1.82, 2.24) is 9.80 Å². The van der Waals surface area contributed by atoms with Crippen LogP contribution in [0.5, 0.6) is 0 Å². The normalized spacial score (nSPS) is 7.32. The van der Waals surface area contributed by atoms with Crippen molar-refractivity contribution in [2.75, 3.05) is 41.3 Å². The molecule has 0 spiro atoms. The van der Waals surface area contributed by atoms with E-state index in [0.29, 0.717) is 13.1 Å². The predicted octanol–water partition coefficient (Wildman–Crippen LogP) is -1.09. The van der Waals surface area contributed by atoms with Gasteiger partial charge in [0.2, 0.25) is 0 Å². The van der Waals surface area contributed by atoms with Crippen LogP contribution in [-0.4, -0.2) is 73.5 Å². The molecule has 0 aromatic carbocycles. The minimum Gasteiger partial charge on any atom is -0.850 e. The zero-order chi connectivity index (χ0) is 17.1. The molecule has 0 heterocycles. The summed E-state index contributed by atoms with van der Waals surface area (Å²) in [5.41, 5.74) is 0. The van der Waals surface area contributed by atoms with Gasteiger partial charge in [-0.05, 0) is 48.2 Å². The van der Waals surface area contributed by atoms with Crippen molar-refractivity contribution in [3.8, 4) is 0 Å². The molecule has 0 atom stereocenters. The van der Waals surface area contributed by atoms with Gasteiger partial charge in [-0.1, -0.05) is 24.4 Å². The Kier molecular flexibility index (Phi) is 56.5. The van der Waals surface area contributed by atoms with E-state index in [4.69, 9.17) is 20.7 Å². The molecule has 136 valence electrons. The van der Waals surface area contributed by atoms with E-state index in [-0.39, 0.29) is 34.1 Å². The molecule has 0 aliphatic heterocycles. The summed E-state index contributed by atoms with van der Waals surface area (Å²) in [7, 11) is 7.67. The molecule has 0 aromatic rings. The molecular formula is C11H20Cu2N4O3S2. The first kappa shape index (κ1) is 37.9. The van der Waals surface area contributed by atoms with Crippen LogP contribution in [0.1, 0.15) is 6.92 Å². The van der Waals surface area contributed by atoms with Gasteiger partial charge in [0.05, 0.1) is 0 Å². The van der Waals surface area contributed by atoms with Crippen molar-refractivity contribution in [3.05, 3.63) is 10.8 Å². The van der Waals surface area contributed by atoms with Gasteiger partial charge >= 0.3 is 34.1 Å².